The number of hydrogen-bond acceptors (Lipinski definition) is 3. The SMILES string of the molecule is O=C(Cc1ccccc1)c1ccccc1C(=O)Nc1cccc(-n2ccnc2)c1. The van der Waals surface area contributed by atoms with Gasteiger partial charge in [-0.1, -0.05) is 54.6 Å². The highest BCUT2D eigenvalue weighted by atomic mass is 16.2. The average Bonchev–Trinajstić information content (AvgIpc) is 3.30. The third kappa shape index (κ3) is 4.30. The first-order valence-corrected chi connectivity index (χ1v) is 9.26. The van der Waals surface area contributed by atoms with Crippen molar-refractivity contribution in [3.05, 3.63) is 114 Å². The van der Waals surface area contributed by atoms with Crippen molar-refractivity contribution in [3.63, 3.8) is 0 Å². The molecular formula is C24H19N3O2. The quantitative estimate of drug-likeness (QED) is 0.498. The monoisotopic (exact) mass is 381 g/mol. The van der Waals surface area contributed by atoms with Crippen LogP contribution in [0.4, 0.5) is 5.69 Å². The Labute approximate surface area is 168 Å². The summed E-state index contributed by atoms with van der Waals surface area (Å²) in [4.78, 5) is 29.8. The fraction of sp³-hybridized carbons (Fsp3) is 0.0417. The minimum absolute atomic E-state index is 0.0888. The Morgan fingerprint density at radius 3 is 2.38 bits per heavy atom. The molecule has 0 bridgehead atoms. The van der Waals surface area contributed by atoms with E-state index in [9.17, 15) is 9.59 Å². The van der Waals surface area contributed by atoms with E-state index >= 15 is 0 Å². The number of nitrogens with zero attached hydrogens (tertiary/aromatic N) is 2. The van der Waals surface area contributed by atoms with Crippen LogP contribution in [0.3, 0.4) is 0 Å². The second kappa shape index (κ2) is 8.35. The molecule has 4 rings (SSSR count). The molecule has 1 heterocycles. The number of anilines is 1. The lowest BCUT2D eigenvalue weighted by atomic mass is 9.98. The van der Waals surface area contributed by atoms with Crippen LogP contribution < -0.4 is 5.32 Å². The predicted octanol–water partition coefficient (Wildman–Crippen LogP) is 4.55. The number of imidazole rings is 1. The van der Waals surface area contributed by atoms with E-state index < -0.39 is 0 Å². The fourth-order valence-corrected chi connectivity index (χ4v) is 3.16. The van der Waals surface area contributed by atoms with Crippen molar-refractivity contribution in [1.82, 2.24) is 9.55 Å². The number of Topliss-reactive ketones (excluding diaryl/α,β-unsaturated/α-hetero) is 1. The summed E-state index contributed by atoms with van der Waals surface area (Å²) in [6.45, 7) is 0. The molecule has 0 fully saturated rings. The van der Waals surface area contributed by atoms with Gasteiger partial charge in [-0.15, -0.1) is 0 Å². The molecule has 1 amide bonds. The smallest absolute Gasteiger partial charge is 0.256 e. The summed E-state index contributed by atoms with van der Waals surface area (Å²) in [7, 11) is 0. The van der Waals surface area contributed by atoms with E-state index in [4.69, 9.17) is 0 Å². The maximum atomic E-state index is 12.9. The lowest BCUT2D eigenvalue weighted by molar-refractivity contribution is 0.0972. The van der Waals surface area contributed by atoms with Crippen molar-refractivity contribution in [2.75, 3.05) is 5.32 Å². The number of benzene rings is 3. The third-order valence-corrected chi connectivity index (χ3v) is 4.59. The number of hydrogen-bond donors (Lipinski definition) is 1. The zero-order valence-corrected chi connectivity index (χ0v) is 15.7. The van der Waals surface area contributed by atoms with Gasteiger partial charge in [-0.2, -0.15) is 0 Å². The standard InChI is InChI=1S/C24H19N3O2/c28-23(15-18-7-2-1-3-8-18)21-11-4-5-12-22(21)24(29)26-19-9-6-10-20(16-19)27-14-13-25-17-27/h1-14,16-17H,15H2,(H,26,29). The van der Waals surface area contributed by atoms with E-state index in [2.05, 4.69) is 10.3 Å². The molecule has 5 heteroatoms. The zero-order chi connectivity index (χ0) is 20.1. The maximum absolute atomic E-state index is 12.9. The van der Waals surface area contributed by atoms with Crippen molar-refractivity contribution < 1.29 is 9.59 Å². The Morgan fingerprint density at radius 2 is 1.62 bits per heavy atom. The summed E-state index contributed by atoms with van der Waals surface area (Å²) in [5, 5.41) is 2.89. The number of ketones is 1. The van der Waals surface area contributed by atoms with Gasteiger partial charge in [0.1, 0.15) is 0 Å². The molecule has 0 saturated carbocycles. The molecule has 0 atom stereocenters. The first-order valence-electron chi connectivity index (χ1n) is 9.26. The highest BCUT2D eigenvalue weighted by molar-refractivity contribution is 6.13. The van der Waals surface area contributed by atoms with E-state index in [0.717, 1.165) is 11.3 Å². The molecular weight excluding hydrogens is 362 g/mol. The van der Waals surface area contributed by atoms with Crippen molar-refractivity contribution in [2.24, 2.45) is 0 Å². The van der Waals surface area contributed by atoms with Crippen LogP contribution in [0.15, 0.2) is 97.6 Å². The van der Waals surface area contributed by atoms with E-state index in [1.54, 1.807) is 36.8 Å². The Kier molecular flexibility index (Phi) is 5.29. The lowest BCUT2D eigenvalue weighted by Gasteiger charge is -2.11. The topological polar surface area (TPSA) is 64.0 Å². The van der Waals surface area contributed by atoms with Crippen molar-refractivity contribution in [1.29, 1.82) is 0 Å². The van der Waals surface area contributed by atoms with Crippen LogP contribution >= 0.6 is 0 Å². The Hall–Kier alpha value is -3.99. The van der Waals surface area contributed by atoms with Gasteiger partial charge in [-0.25, -0.2) is 4.98 Å². The Morgan fingerprint density at radius 1 is 0.862 bits per heavy atom. The molecule has 3 aromatic carbocycles. The molecule has 5 nitrogen and oxygen atoms in total. The molecule has 4 aromatic rings. The maximum Gasteiger partial charge on any atom is 0.256 e. The van der Waals surface area contributed by atoms with E-state index in [1.165, 1.54) is 0 Å². The van der Waals surface area contributed by atoms with Gasteiger partial charge in [0.15, 0.2) is 5.78 Å². The number of rotatable bonds is 6. The second-order valence-electron chi connectivity index (χ2n) is 6.61. The van der Waals surface area contributed by atoms with E-state index in [1.807, 2.05) is 65.4 Å². The molecule has 0 spiro atoms. The fourth-order valence-electron chi connectivity index (χ4n) is 3.16. The van der Waals surface area contributed by atoms with Gasteiger partial charge >= 0.3 is 0 Å². The van der Waals surface area contributed by atoms with Gasteiger partial charge in [-0.05, 0) is 29.8 Å². The van der Waals surface area contributed by atoms with Crippen LogP contribution in [-0.2, 0) is 6.42 Å². The van der Waals surface area contributed by atoms with Crippen LogP contribution in [-0.4, -0.2) is 21.2 Å². The summed E-state index contributed by atoms with van der Waals surface area (Å²) in [5.41, 5.74) is 3.22. The van der Waals surface area contributed by atoms with Crippen LogP contribution in [0.5, 0.6) is 0 Å². The summed E-state index contributed by atoms with van der Waals surface area (Å²) >= 11 is 0. The predicted molar refractivity (Wildman–Crippen MR) is 112 cm³/mol. The summed E-state index contributed by atoms with van der Waals surface area (Å²) in [6, 6.07) is 23.9. The lowest BCUT2D eigenvalue weighted by Crippen LogP contribution is -2.17. The Bertz CT molecular complexity index is 1140. The molecule has 142 valence electrons. The number of carbonyl (C=O) groups excluding carboxylic acids is 2. The third-order valence-electron chi connectivity index (χ3n) is 4.59. The summed E-state index contributed by atoms with van der Waals surface area (Å²) in [6.07, 6.45) is 5.47. The van der Waals surface area contributed by atoms with Crippen LogP contribution in [0.2, 0.25) is 0 Å². The van der Waals surface area contributed by atoms with Crippen LogP contribution in [0.1, 0.15) is 26.3 Å². The summed E-state index contributed by atoms with van der Waals surface area (Å²) < 4.78 is 1.85. The minimum Gasteiger partial charge on any atom is -0.322 e. The van der Waals surface area contributed by atoms with Crippen molar-refractivity contribution in [3.8, 4) is 5.69 Å². The molecule has 0 aliphatic rings. The molecule has 1 aromatic heterocycles. The zero-order valence-electron chi connectivity index (χ0n) is 15.7. The van der Waals surface area contributed by atoms with Crippen molar-refractivity contribution >= 4 is 17.4 Å². The van der Waals surface area contributed by atoms with Gasteiger partial charge in [0.2, 0.25) is 0 Å². The first-order chi connectivity index (χ1) is 14.2. The van der Waals surface area contributed by atoms with Gasteiger partial charge in [0.25, 0.3) is 5.91 Å². The largest absolute Gasteiger partial charge is 0.322 e. The van der Waals surface area contributed by atoms with E-state index in [0.29, 0.717) is 16.8 Å². The van der Waals surface area contributed by atoms with Crippen LogP contribution in [0.25, 0.3) is 5.69 Å². The van der Waals surface area contributed by atoms with Gasteiger partial charge in [0.05, 0.1) is 11.9 Å². The molecule has 29 heavy (non-hydrogen) atoms. The summed E-state index contributed by atoms with van der Waals surface area (Å²) in [5.74, 6) is -0.404. The first kappa shape index (κ1) is 18.4. The number of carbonyl (C=O) groups is 2. The molecule has 0 unspecified atom stereocenters. The van der Waals surface area contributed by atoms with Crippen LogP contribution in [0, 0.1) is 0 Å². The normalized spacial score (nSPS) is 10.5. The average molecular weight is 381 g/mol. The minimum atomic E-state index is -0.315. The van der Waals surface area contributed by atoms with Gasteiger partial charge in [-0.3, -0.25) is 9.59 Å². The van der Waals surface area contributed by atoms with E-state index in [-0.39, 0.29) is 18.1 Å². The number of aromatic nitrogens is 2. The second-order valence-corrected chi connectivity index (χ2v) is 6.61. The number of amides is 1. The molecule has 0 radical (unpaired) electrons. The molecule has 1 N–H and O–H groups in total. The Balaban J connectivity index is 1.55. The molecule has 0 saturated heterocycles. The molecule has 0 aliphatic heterocycles. The number of nitrogens with one attached hydrogen (secondary N) is 1. The van der Waals surface area contributed by atoms with Crippen molar-refractivity contribution in [2.45, 2.75) is 6.42 Å². The highest BCUT2D eigenvalue weighted by Gasteiger charge is 2.17. The van der Waals surface area contributed by atoms with Gasteiger partial charge < -0.3 is 9.88 Å². The molecule has 0 aliphatic carbocycles. The highest BCUT2D eigenvalue weighted by Crippen LogP contribution is 2.18. The van der Waals surface area contributed by atoms with Gasteiger partial charge in [0, 0.05) is 35.8 Å².